The Morgan fingerprint density at radius 3 is 2.85 bits per heavy atom. The van der Waals surface area contributed by atoms with Gasteiger partial charge in [0.1, 0.15) is 18.1 Å². The molecule has 1 heterocycles. The third-order valence-corrected chi connectivity index (χ3v) is 2.97. The number of nitrogen functional groups attached to an aromatic ring is 1. The van der Waals surface area contributed by atoms with Gasteiger partial charge < -0.3 is 19.8 Å². The van der Waals surface area contributed by atoms with Crippen molar-refractivity contribution < 1.29 is 14.3 Å². The average molecular weight is 274 g/mol. The quantitative estimate of drug-likeness (QED) is 0.850. The van der Waals surface area contributed by atoms with E-state index in [9.17, 15) is 4.79 Å². The van der Waals surface area contributed by atoms with Crippen molar-refractivity contribution in [3.63, 3.8) is 0 Å². The van der Waals surface area contributed by atoms with E-state index in [1.54, 1.807) is 23.9 Å². The topological polar surface area (TPSA) is 66.5 Å². The van der Waals surface area contributed by atoms with Gasteiger partial charge in [-0.05, 0) is 30.7 Å². The summed E-state index contributed by atoms with van der Waals surface area (Å²) in [6.45, 7) is 2.81. The van der Waals surface area contributed by atoms with Gasteiger partial charge in [-0.15, -0.1) is 0 Å². The van der Waals surface area contributed by atoms with Crippen molar-refractivity contribution >= 4 is 11.7 Å². The fraction of sp³-hybridized carbons (Fsp3) is 0.267. The number of hydrogen-bond donors (Lipinski definition) is 1. The number of methoxy groups -OCH3 is 1. The molecule has 5 heteroatoms. The molecule has 0 spiro atoms. The van der Waals surface area contributed by atoms with Crippen LogP contribution in [0.25, 0.3) is 0 Å². The minimum absolute atomic E-state index is 0.199. The zero-order chi connectivity index (χ0) is 14.5. The molecule has 0 atom stereocenters. The molecule has 0 saturated heterocycles. The monoisotopic (exact) mass is 274 g/mol. The predicted octanol–water partition coefficient (Wildman–Crippen LogP) is 2.46. The molecule has 0 radical (unpaired) electrons. The van der Waals surface area contributed by atoms with Crippen LogP contribution in [0.2, 0.25) is 0 Å². The number of hydrogen-bond acceptors (Lipinski definition) is 4. The Hall–Kier alpha value is -2.43. The molecule has 1 aromatic carbocycles. The fourth-order valence-corrected chi connectivity index (χ4v) is 1.95. The summed E-state index contributed by atoms with van der Waals surface area (Å²) in [5.74, 6) is 0.353. The largest absolute Gasteiger partial charge is 0.497 e. The van der Waals surface area contributed by atoms with Gasteiger partial charge in [0.2, 0.25) is 0 Å². The van der Waals surface area contributed by atoms with Gasteiger partial charge in [0, 0.05) is 12.7 Å². The van der Waals surface area contributed by atoms with E-state index in [0.29, 0.717) is 17.9 Å². The van der Waals surface area contributed by atoms with E-state index >= 15 is 0 Å². The van der Waals surface area contributed by atoms with E-state index in [1.807, 2.05) is 31.2 Å². The second-order valence-electron chi connectivity index (χ2n) is 4.37. The lowest BCUT2D eigenvalue weighted by atomic mass is 10.2. The molecule has 0 unspecified atom stereocenters. The molecule has 0 saturated carbocycles. The number of nitrogens with two attached hydrogens (primary N) is 1. The summed E-state index contributed by atoms with van der Waals surface area (Å²) in [7, 11) is 1.60. The first kappa shape index (κ1) is 14.0. The Morgan fingerprint density at radius 2 is 2.15 bits per heavy atom. The number of carbonyl (C=O) groups excluding carboxylic acids is 1. The molecule has 20 heavy (non-hydrogen) atoms. The number of benzene rings is 1. The molecule has 0 aliphatic heterocycles. The lowest BCUT2D eigenvalue weighted by Crippen LogP contribution is -2.11. The SMILES string of the molecule is CCn1cc(N)cc1C(=O)OCc1cccc(OC)c1. The van der Waals surface area contributed by atoms with Crippen LogP contribution in [-0.2, 0) is 17.9 Å². The second-order valence-corrected chi connectivity index (χ2v) is 4.37. The maximum Gasteiger partial charge on any atom is 0.355 e. The average Bonchev–Trinajstić information content (AvgIpc) is 2.86. The van der Waals surface area contributed by atoms with Gasteiger partial charge in [0.05, 0.1) is 12.8 Å². The standard InChI is InChI=1S/C15H18N2O3/c1-3-17-9-12(16)8-14(17)15(18)20-10-11-5-4-6-13(7-11)19-2/h4-9H,3,10,16H2,1-2H3. The van der Waals surface area contributed by atoms with Crippen LogP contribution >= 0.6 is 0 Å². The minimum atomic E-state index is -0.383. The Kier molecular flexibility index (Phi) is 4.30. The molecular weight excluding hydrogens is 256 g/mol. The number of esters is 1. The van der Waals surface area contributed by atoms with Gasteiger partial charge in [0.15, 0.2) is 0 Å². The summed E-state index contributed by atoms with van der Waals surface area (Å²) in [6.07, 6.45) is 1.72. The van der Waals surface area contributed by atoms with Gasteiger partial charge in [0.25, 0.3) is 0 Å². The van der Waals surface area contributed by atoms with Crippen molar-refractivity contribution in [2.45, 2.75) is 20.1 Å². The number of ether oxygens (including phenoxy) is 2. The lowest BCUT2D eigenvalue weighted by molar-refractivity contribution is 0.0460. The van der Waals surface area contributed by atoms with Gasteiger partial charge in [-0.1, -0.05) is 12.1 Å². The van der Waals surface area contributed by atoms with Gasteiger partial charge in [-0.2, -0.15) is 0 Å². The van der Waals surface area contributed by atoms with E-state index in [2.05, 4.69) is 0 Å². The summed E-state index contributed by atoms with van der Waals surface area (Å²) in [6, 6.07) is 9.03. The number of aryl methyl sites for hydroxylation is 1. The Labute approximate surface area is 117 Å². The molecule has 2 aromatic rings. The van der Waals surface area contributed by atoms with Crippen LogP contribution < -0.4 is 10.5 Å². The minimum Gasteiger partial charge on any atom is -0.497 e. The molecule has 1 aromatic heterocycles. The van der Waals surface area contributed by atoms with E-state index in [4.69, 9.17) is 15.2 Å². The highest BCUT2D eigenvalue weighted by atomic mass is 16.5. The normalized spacial score (nSPS) is 10.3. The van der Waals surface area contributed by atoms with Gasteiger partial charge >= 0.3 is 5.97 Å². The summed E-state index contributed by atoms with van der Waals surface area (Å²) >= 11 is 0. The van der Waals surface area contributed by atoms with Crippen molar-refractivity contribution in [1.82, 2.24) is 4.57 Å². The first-order valence-electron chi connectivity index (χ1n) is 6.39. The Morgan fingerprint density at radius 1 is 1.35 bits per heavy atom. The van der Waals surface area contributed by atoms with Crippen molar-refractivity contribution in [1.29, 1.82) is 0 Å². The van der Waals surface area contributed by atoms with Gasteiger partial charge in [-0.3, -0.25) is 0 Å². The van der Waals surface area contributed by atoms with Crippen molar-refractivity contribution in [3.05, 3.63) is 47.8 Å². The highest BCUT2D eigenvalue weighted by molar-refractivity contribution is 5.89. The lowest BCUT2D eigenvalue weighted by Gasteiger charge is -2.08. The summed E-state index contributed by atoms with van der Waals surface area (Å²) < 4.78 is 12.2. The van der Waals surface area contributed by atoms with Crippen LogP contribution in [0.15, 0.2) is 36.5 Å². The summed E-state index contributed by atoms with van der Waals surface area (Å²) in [5.41, 5.74) is 7.59. The number of carbonyl (C=O) groups is 1. The Balaban J connectivity index is 2.04. The van der Waals surface area contributed by atoms with Crippen LogP contribution in [0.4, 0.5) is 5.69 Å². The maximum atomic E-state index is 12.0. The molecule has 2 rings (SSSR count). The number of aromatic nitrogens is 1. The van der Waals surface area contributed by atoms with Crippen molar-refractivity contribution in [2.75, 3.05) is 12.8 Å². The third kappa shape index (κ3) is 3.12. The molecule has 5 nitrogen and oxygen atoms in total. The van der Waals surface area contributed by atoms with Crippen LogP contribution in [-0.4, -0.2) is 17.6 Å². The number of nitrogens with zero attached hydrogens (tertiary/aromatic N) is 1. The first-order valence-corrected chi connectivity index (χ1v) is 6.39. The fourth-order valence-electron chi connectivity index (χ4n) is 1.95. The van der Waals surface area contributed by atoms with Crippen LogP contribution in [0.3, 0.4) is 0 Å². The number of rotatable bonds is 5. The highest BCUT2D eigenvalue weighted by Gasteiger charge is 2.13. The maximum absolute atomic E-state index is 12.0. The van der Waals surface area contributed by atoms with Gasteiger partial charge in [-0.25, -0.2) is 4.79 Å². The Bertz CT molecular complexity index is 605. The van der Waals surface area contributed by atoms with E-state index in [0.717, 1.165) is 11.3 Å². The summed E-state index contributed by atoms with van der Waals surface area (Å²) in [5, 5.41) is 0. The zero-order valence-corrected chi connectivity index (χ0v) is 11.6. The van der Waals surface area contributed by atoms with Crippen LogP contribution in [0.5, 0.6) is 5.75 Å². The molecule has 0 amide bonds. The molecule has 2 N–H and O–H groups in total. The molecule has 106 valence electrons. The molecule has 0 aliphatic rings. The summed E-state index contributed by atoms with van der Waals surface area (Å²) in [4.78, 5) is 12.0. The smallest absolute Gasteiger partial charge is 0.355 e. The third-order valence-electron chi connectivity index (χ3n) is 2.97. The second kappa shape index (κ2) is 6.14. The predicted molar refractivity (Wildman–Crippen MR) is 76.6 cm³/mol. The highest BCUT2D eigenvalue weighted by Crippen LogP contribution is 2.15. The molecule has 0 fully saturated rings. The zero-order valence-electron chi connectivity index (χ0n) is 11.6. The van der Waals surface area contributed by atoms with E-state index in [1.165, 1.54) is 0 Å². The number of anilines is 1. The van der Waals surface area contributed by atoms with Crippen LogP contribution in [0, 0.1) is 0 Å². The molecule has 0 aliphatic carbocycles. The molecule has 0 bridgehead atoms. The van der Waals surface area contributed by atoms with Crippen molar-refractivity contribution in [2.24, 2.45) is 0 Å². The van der Waals surface area contributed by atoms with Crippen molar-refractivity contribution in [3.8, 4) is 5.75 Å². The molecular formula is C15H18N2O3. The van der Waals surface area contributed by atoms with E-state index in [-0.39, 0.29) is 12.6 Å². The van der Waals surface area contributed by atoms with E-state index < -0.39 is 0 Å². The van der Waals surface area contributed by atoms with Crippen LogP contribution in [0.1, 0.15) is 23.0 Å². The first-order chi connectivity index (χ1) is 9.63.